The lowest BCUT2D eigenvalue weighted by atomic mass is 10.1. The number of amides is 2. The number of benzene rings is 2. The van der Waals surface area contributed by atoms with E-state index in [1.165, 1.54) is 0 Å². The van der Waals surface area contributed by atoms with Gasteiger partial charge in [0, 0.05) is 18.7 Å². The lowest BCUT2D eigenvalue weighted by molar-refractivity contribution is -0.133. The fraction of sp³-hybridized carbons (Fsp3) is 0.333. The first-order chi connectivity index (χ1) is 13.0. The Morgan fingerprint density at radius 1 is 1.19 bits per heavy atom. The molecule has 2 amide bonds. The molecule has 140 valence electrons. The molecule has 4 rings (SSSR count). The SMILES string of the molecule is Cc1cccc(NC(=O)C2CCC(=O)N2Cc2ccc3c(c2)OCO3)c1C. The maximum Gasteiger partial charge on any atom is 0.247 e. The summed E-state index contributed by atoms with van der Waals surface area (Å²) in [6.07, 6.45) is 0.912. The molecule has 2 aromatic carbocycles. The molecule has 1 fully saturated rings. The van der Waals surface area contributed by atoms with Crippen LogP contribution in [0.4, 0.5) is 5.69 Å². The van der Waals surface area contributed by atoms with E-state index in [4.69, 9.17) is 9.47 Å². The van der Waals surface area contributed by atoms with E-state index in [-0.39, 0.29) is 18.6 Å². The van der Waals surface area contributed by atoms with Gasteiger partial charge in [0.15, 0.2) is 11.5 Å². The van der Waals surface area contributed by atoms with E-state index in [0.717, 1.165) is 22.4 Å². The van der Waals surface area contributed by atoms with Crippen LogP contribution in [-0.4, -0.2) is 29.5 Å². The number of anilines is 1. The molecule has 2 aromatic rings. The van der Waals surface area contributed by atoms with E-state index in [1.807, 2.05) is 50.2 Å². The summed E-state index contributed by atoms with van der Waals surface area (Å²) < 4.78 is 10.7. The van der Waals surface area contributed by atoms with Crippen LogP contribution in [0.25, 0.3) is 0 Å². The molecule has 0 radical (unpaired) electrons. The third-order valence-electron chi connectivity index (χ3n) is 5.28. The molecule has 1 atom stereocenters. The molecule has 6 nitrogen and oxygen atoms in total. The number of hydrogen-bond donors (Lipinski definition) is 1. The number of carbonyl (C=O) groups excluding carboxylic acids is 2. The number of likely N-dealkylation sites (tertiary alicyclic amines) is 1. The van der Waals surface area contributed by atoms with Crippen LogP contribution in [0.1, 0.15) is 29.5 Å². The number of rotatable bonds is 4. The summed E-state index contributed by atoms with van der Waals surface area (Å²) in [7, 11) is 0. The second-order valence-electron chi connectivity index (χ2n) is 7.00. The largest absolute Gasteiger partial charge is 0.454 e. The van der Waals surface area contributed by atoms with Gasteiger partial charge >= 0.3 is 0 Å². The summed E-state index contributed by atoms with van der Waals surface area (Å²) >= 11 is 0. The Kier molecular flexibility index (Phi) is 4.48. The van der Waals surface area contributed by atoms with Crippen molar-refractivity contribution in [3.63, 3.8) is 0 Å². The summed E-state index contributed by atoms with van der Waals surface area (Å²) in [6.45, 7) is 4.58. The first-order valence-electron chi connectivity index (χ1n) is 9.08. The van der Waals surface area contributed by atoms with Gasteiger partial charge in [-0.2, -0.15) is 0 Å². The van der Waals surface area contributed by atoms with Gasteiger partial charge in [0.1, 0.15) is 6.04 Å². The zero-order valence-electron chi connectivity index (χ0n) is 15.5. The molecule has 0 aromatic heterocycles. The average molecular weight is 366 g/mol. The standard InChI is InChI=1S/C21H22N2O4/c1-13-4-3-5-16(14(13)2)22-21(25)17-7-9-20(24)23(17)11-15-6-8-18-19(10-15)27-12-26-18/h3-6,8,10,17H,7,9,11-12H2,1-2H3,(H,22,25). The van der Waals surface area contributed by atoms with Crippen LogP contribution >= 0.6 is 0 Å². The minimum atomic E-state index is -0.470. The summed E-state index contributed by atoms with van der Waals surface area (Å²) in [5, 5.41) is 2.99. The molecule has 6 heteroatoms. The van der Waals surface area contributed by atoms with Gasteiger partial charge in [-0.15, -0.1) is 0 Å². The number of ether oxygens (including phenoxy) is 2. The van der Waals surface area contributed by atoms with E-state index in [2.05, 4.69) is 5.32 Å². The number of fused-ring (bicyclic) bond motifs is 1. The van der Waals surface area contributed by atoms with Crippen LogP contribution < -0.4 is 14.8 Å². The lowest BCUT2D eigenvalue weighted by Gasteiger charge is -2.24. The van der Waals surface area contributed by atoms with Gasteiger partial charge in [-0.05, 0) is 55.2 Å². The van der Waals surface area contributed by atoms with Gasteiger partial charge in [0.05, 0.1) is 0 Å². The van der Waals surface area contributed by atoms with Crippen LogP contribution in [0.3, 0.4) is 0 Å². The average Bonchev–Trinajstić information content (AvgIpc) is 3.26. The van der Waals surface area contributed by atoms with E-state index in [1.54, 1.807) is 4.90 Å². The zero-order chi connectivity index (χ0) is 19.0. The summed E-state index contributed by atoms with van der Waals surface area (Å²) in [6, 6.07) is 11.0. The highest BCUT2D eigenvalue weighted by Gasteiger charge is 2.36. The van der Waals surface area contributed by atoms with Crippen molar-refractivity contribution in [1.29, 1.82) is 0 Å². The molecule has 27 heavy (non-hydrogen) atoms. The monoisotopic (exact) mass is 366 g/mol. The molecule has 0 bridgehead atoms. The topological polar surface area (TPSA) is 67.9 Å². The second-order valence-corrected chi connectivity index (χ2v) is 7.00. The van der Waals surface area contributed by atoms with Gasteiger partial charge in [0.2, 0.25) is 18.6 Å². The summed E-state index contributed by atoms with van der Waals surface area (Å²) in [5.41, 5.74) is 3.87. The molecule has 2 aliphatic heterocycles. The van der Waals surface area contributed by atoms with Gasteiger partial charge in [-0.3, -0.25) is 9.59 Å². The Bertz CT molecular complexity index is 909. The minimum Gasteiger partial charge on any atom is -0.454 e. The van der Waals surface area contributed by atoms with Crippen LogP contribution in [-0.2, 0) is 16.1 Å². The van der Waals surface area contributed by atoms with Gasteiger partial charge in [-0.1, -0.05) is 18.2 Å². The molecule has 2 aliphatic rings. The molecule has 1 saturated heterocycles. The van der Waals surface area contributed by atoms with Crippen molar-refractivity contribution in [3.8, 4) is 11.5 Å². The molecule has 0 spiro atoms. The molecular formula is C21H22N2O4. The van der Waals surface area contributed by atoms with Crippen molar-refractivity contribution in [2.75, 3.05) is 12.1 Å². The van der Waals surface area contributed by atoms with Crippen LogP contribution in [0.2, 0.25) is 0 Å². The number of hydrogen-bond acceptors (Lipinski definition) is 4. The number of nitrogens with one attached hydrogen (secondary N) is 1. The third kappa shape index (κ3) is 3.35. The molecular weight excluding hydrogens is 344 g/mol. The predicted molar refractivity (Wildman–Crippen MR) is 101 cm³/mol. The van der Waals surface area contributed by atoms with Crippen molar-refractivity contribution in [2.45, 2.75) is 39.3 Å². The van der Waals surface area contributed by atoms with Crippen molar-refractivity contribution in [2.24, 2.45) is 0 Å². The Labute approximate surface area is 158 Å². The second kappa shape index (κ2) is 6.95. The van der Waals surface area contributed by atoms with Gasteiger partial charge in [-0.25, -0.2) is 0 Å². The highest BCUT2D eigenvalue weighted by Crippen LogP contribution is 2.33. The van der Waals surface area contributed by atoms with Gasteiger partial charge < -0.3 is 19.7 Å². The van der Waals surface area contributed by atoms with Crippen LogP contribution in [0.5, 0.6) is 11.5 Å². The van der Waals surface area contributed by atoms with E-state index < -0.39 is 6.04 Å². The lowest BCUT2D eigenvalue weighted by Crippen LogP contribution is -2.41. The molecule has 2 heterocycles. The first kappa shape index (κ1) is 17.4. The fourth-order valence-corrected chi connectivity index (χ4v) is 3.54. The van der Waals surface area contributed by atoms with Crippen molar-refractivity contribution >= 4 is 17.5 Å². The quantitative estimate of drug-likeness (QED) is 0.903. The Hall–Kier alpha value is -3.02. The van der Waals surface area contributed by atoms with E-state index in [0.29, 0.717) is 30.9 Å². The van der Waals surface area contributed by atoms with E-state index in [9.17, 15) is 9.59 Å². The number of nitrogens with zero attached hydrogens (tertiary/aromatic N) is 1. The summed E-state index contributed by atoms with van der Waals surface area (Å²) in [5.74, 6) is 1.23. The van der Waals surface area contributed by atoms with E-state index >= 15 is 0 Å². The van der Waals surface area contributed by atoms with Gasteiger partial charge in [0.25, 0.3) is 0 Å². The smallest absolute Gasteiger partial charge is 0.247 e. The minimum absolute atomic E-state index is 0.00576. The maximum atomic E-state index is 12.9. The summed E-state index contributed by atoms with van der Waals surface area (Å²) in [4.78, 5) is 26.9. The van der Waals surface area contributed by atoms with Crippen molar-refractivity contribution in [3.05, 3.63) is 53.1 Å². The first-order valence-corrected chi connectivity index (χ1v) is 9.08. The molecule has 0 aliphatic carbocycles. The van der Waals surface area contributed by atoms with Crippen LogP contribution in [0.15, 0.2) is 36.4 Å². The molecule has 1 unspecified atom stereocenters. The zero-order valence-corrected chi connectivity index (χ0v) is 15.5. The highest BCUT2D eigenvalue weighted by molar-refractivity contribution is 5.99. The Morgan fingerprint density at radius 2 is 2.00 bits per heavy atom. The Morgan fingerprint density at radius 3 is 2.85 bits per heavy atom. The molecule has 1 N–H and O–H groups in total. The normalized spacial score (nSPS) is 18.1. The number of carbonyl (C=O) groups is 2. The molecule has 0 saturated carbocycles. The predicted octanol–water partition coefficient (Wildman–Crippen LogP) is 3.16. The maximum absolute atomic E-state index is 12.9. The fourth-order valence-electron chi connectivity index (χ4n) is 3.54. The van der Waals surface area contributed by atoms with Crippen molar-refractivity contribution < 1.29 is 19.1 Å². The Balaban J connectivity index is 1.51. The third-order valence-corrected chi connectivity index (χ3v) is 5.28. The number of aryl methyl sites for hydroxylation is 1. The highest BCUT2D eigenvalue weighted by atomic mass is 16.7. The van der Waals surface area contributed by atoms with Crippen molar-refractivity contribution in [1.82, 2.24) is 4.90 Å². The van der Waals surface area contributed by atoms with Crippen LogP contribution in [0, 0.1) is 13.8 Å².